The molecule has 0 unspecified atom stereocenters. The molecule has 34 heteroatoms. The van der Waals surface area contributed by atoms with Crippen LogP contribution in [0.3, 0.4) is 0 Å². The number of fused-ring (bicyclic) bond motifs is 8. The first-order valence-corrected chi connectivity index (χ1v) is 37.1. The summed E-state index contributed by atoms with van der Waals surface area (Å²) in [5.74, 6) is 4.50. The summed E-state index contributed by atoms with van der Waals surface area (Å²) in [4.78, 5) is 75.7. The molecular formula is C89H73Cl2F12N7O13. The third-order valence-corrected chi connectivity index (χ3v) is 19.4. The molecule has 0 aliphatic carbocycles. The number of alkyl halides is 6. The van der Waals surface area contributed by atoms with Gasteiger partial charge in [-0.3, -0.25) is 33.0 Å². The predicted molar refractivity (Wildman–Crippen MR) is 442 cm³/mol. The Kier molecular flexibility index (Phi) is 29.3. The van der Waals surface area contributed by atoms with Gasteiger partial charge in [-0.1, -0.05) is 53.0 Å². The monoisotopic (exact) mass is 1750 g/mol. The molecule has 0 atom stereocenters. The van der Waals surface area contributed by atoms with Crippen LogP contribution in [0.4, 0.5) is 75.4 Å². The van der Waals surface area contributed by atoms with Crippen LogP contribution >= 0.6 is 23.2 Å². The van der Waals surface area contributed by atoms with Crippen molar-refractivity contribution >= 4 is 96.7 Å². The van der Waals surface area contributed by atoms with E-state index in [-0.39, 0.29) is 106 Å². The van der Waals surface area contributed by atoms with Crippen molar-refractivity contribution in [3.05, 3.63) is 255 Å². The molecule has 0 N–H and O–H groups in total. The quantitative estimate of drug-likeness (QED) is 0.0500. The van der Waals surface area contributed by atoms with Crippen LogP contribution < -0.4 is 64.9 Å². The average Bonchev–Trinajstić information content (AvgIpc) is 1.60. The van der Waals surface area contributed by atoms with Crippen LogP contribution in [0, 0.1) is 140 Å². The molecule has 0 bridgehead atoms. The van der Waals surface area contributed by atoms with Gasteiger partial charge in [-0.2, -0.15) is 17.6 Å². The number of aromatic nitrogens is 3. The van der Waals surface area contributed by atoms with E-state index >= 15 is 0 Å². The smallest absolute Gasteiger partial charge is 0.423 e. The van der Waals surface area contributed by atoms with E-state index in [0.29, 0.717) is 86.7 Å². The van der Waals surface area contributed by atoms with E-state index in [4.69, 9.17) is 62.8 Å². The minimum absolute atomic E-state index is 0.0108. The summed E-state index contributed by atoms with van der Waals surface area (Å²) in [6, 6.07) is 28.9. The second-order valence-corrected chi connectivity index (χ2v) is 28.5. The highest BCUT2D eigenvalue weighted by molar-refractivity contribution is 6.32. The molecule has 640 valence electrons. The van der Waals surface area contributed by atoms with E-state index in [1.807, 2.05) is 50.1 Å². The van der Waals surface area contributed by atoms with E-state index in [2.05, 4.69) is 49.2 Å². The lowest BCUT2D eigenvalue weighted by molar-refractivity contribution is -0.391. The highest BCUT2D eigenvalue weighted by Gasteiger charge is 2.66. The molecule has 11 aromatic rings. The van der Waals surface area contributed by atoms with Crippen molar-refractivity contribution in [1.29, 1.82) is 0 Å². The molecule has 123 heavy (non-hydrogen) atoms. The zero-order chi connectivity index (χ0) is 90.8. The second-order valence-electron chi connectivity index (χ2n) is 27.7. The van der Waals surface area contributed by atoms with Crippen molar-refractivity contribution in [3.63, 3.8) is 0 Å². The molecular weight excluding hydrogens is 1670 g/mol. The molecule has 0 spiro atoms. The van der Waals surface area contributed by atoms with Crippen molar-refractivity contribution in [1.82, 2.24) is 13.7 Å². The van der Waals surface area contributed by atoms with Crippen molar-refractivity contribution in [3.8, 4) is 83.9 Å². The highest BCUT2D eigenvalue weighted by Crippen LogP contribution is 2.48. The Hall–Kier alpha value is -13.8. The van der Waals surface area contributed by atoms with Crippen LogP contribution in [0.15, 0.2) is 153 Å². The number of terminal acetylenes is 4. The topological polar surface area (TPSA) is 199 Å². The first kappa shape index (κ1) is 93.1. The minimum Gasteiger partial charge on any atom is -0.423 e. The molecule has 16 rings (SSSR count). The molecule has 0 saturated carbocycles. The van der Waals surface area contributed by atoms with E-state index in [0.717, 1.165) is 51.2 Å². The number of rotatable bonds is 6. The van der Waals surface area contributed by atoms with Gasteiger partial charge in [-0.25, -0.2) is 40.7 Å². The minimum atomic E-state index is -4.82. The molecule has 20 nitrogen and oxygen atoms in total. The van der Waals surface area contributed by atoms with Crippen LogP contribution in [-0.4, -0.2) is 96.4 Å². The van der Waals surface area contributed by atoms with Gasteiger partial charge in [0.2, 0.25) is 5.91 Å². The van der Waals surface area contributed by atoms with E-state index in [9.17, 15) is 81.5 Å². The fraction of sp³-hybridized carbons (Fsp3) is 0.236. The standard InChI is InChI=1S/C13H13ClN2O.C13H10ClNO.C13H10FNO.C12H12FNO2.C12H10FNO2.C9H5F5O2.C9H8FNO2.C8H5F3O2/c1-4-5-16-12-6-9(2)10(14)7-11(12)15(3)8-13(16)17;2*1-3-6-15-12-7-9(2)11(14)8-10(12)4-5-13(15)16;2*1-3-4-14-7-12(15)16-11-6-9(13)8(2)5-10(11)14;1-4-2-6-7(3-5(4)10)16-9(13,14)8(11,12)15-6;1-5-3-7-8(4-6(5)10)13-9(12)11(7)2;1-4-2-6-7(3-5(4)9)13-8(10,11)12-6/h1,6-7H,5,8H2,2-3H3;2*1,4-5,7-8H,6H2,2H3;3,5-6H,1,4,7H2,2H3;1,5-6H,4,7H2,2H3;2-3H,1H3;3-4H,1-2H3;2-3H,1H3. The molecule has 8 heterocycles. The third kappa shape index (κ3) is 21.9. The molecule has 8 aromatic carbocycles. The van der Waals surface area contributed by atoms with Gasteiger partial charge in [0.05, 0.1) is 72.0 Å². The third-order valence-electron chi connectivity index (χ3n) is 18.6. The normalized spacial score (nSPS) is 14.1. The van der Waals surface area contributed by atoms with Crippen molar-refractivity contribution in [2.45, 2.75) is 87.0 Å². The number of likely N-dealkylation sites (N-methyl/N-ethyl adjacent to an activating group) is 1. The first-order chi connectivity index (χ1) is 57.8. The summed E-state index contributed by atoms with van der Waals surface area (Å²) >= 11 is 12.1. The van der Waals surface area contributed by atoms with Gasteiger partial charge in [0, 0.05) is 78.5 Å². The first-order valence-electron chi connectivity index (χ1n) is 36.4. The van der Waals surface area contributed by atoms with Gasteiger partial charge in [0.15, 0.2) is 40.1 Å². The SMILES string of the molecule is C#CCN1C(=O)CN(C)c2cc(Cl)c(C)cc21.C#CCN1CC(=O)Oc2cc(F)c(C)cc21.C#CCn1c(=O)ccc2cc(Cl)c(C)cc21.C#CCn1c(=O)ccc2cc(F)c(C)cc21.C=CCN1CC(=O)Oc2cc(F)c(C)cc21.Cc1cc2c(cc1F)OC(F)(F)C(F)(F)O2.Cc1cc2c(cc1F)OC(F)(F)O2.Cc1cc2c(cc1F)oc(=O)n2C. The number of halogens is 14. The van der Waals surface area contributed by atoms with Crippen molar-refractivity contribution in [2.75, 3.05) is 65.9 Å². The number of ether oxygens (including phenoxy) is 6. The summed E-state index contributed by atoms with van der Waals surface area (Å²) in [6.45, 7) is 19.0. The summed E-state index contributed by atoms with van der Waals surface area (Å²) in [5, 5.41) is 2.99. The van der Waals surface area contributed by atoms with E-state index < -0.39 is 59.2 Å². The highest BCUT2D eigenvalue weighted by atomic mass is 35.5. The zero-order valence-corrected chi connectivity index (χ0v) is 68.5. The second kappa shape index (κ2) is 38.7. The van der Waals surface area contributed by atoms with Gasteiger partial charge in [0.25, 0.3) is 11.1 Å². The summed E-state index contributed by atoms with van der Waals surface area (Å²) < 4.78 is 189. The molecule has 1 amide bonds. The number of pyridine rings is 2. The Bertz CT molecular complexity index is 6190. The maximum Gasteiger partial charge on any atom is 0.586 e. The Balaban J connectivity index is 0.000000160. The molecule has 0 saturated heterocycles. The number of hydrogen-bond donors (Lipinski definition) is 0. The Morgan fingerprint density at radius 3 is 1.30 bits per heavy atom. The van der Waals surface area contributed by atoms with Crippen LogP contribution in [-0.2, 0) is 34.5 Å². The molecule has 3 aromatic heterocycles. The number of carbonyl (C=O) groups excluding carboxylic acids is 3. The zero-order valence-electron chi connectivity index (χ0n) is 67.0. The van der Waals surface area contributed by atoms with Crippen molar-refractivity contribution < 1.29 is 99.9 Å². The van der Waals surface area contributed by atoms with Gasteiger partial charge in [0.1, 0.15) is 48.0 Å². The maximum absolute atomic E-state index is 13.3. The van der Waals surface area contributed by atoms with Crippen LogP contribution in [0.25, 0.3) is 32.9 Å². The number of carbonyl (C=O) groups is 3. The maximum atomic E-state index is 13.3. The Morgan fingerprint density at radius 2 is 0.805 bits per heavy atom. The lowest BCUT2D eigenvalue weighted by atomic mass is 10.1. The molecule has 0 radical (unpaired) electrons. The van der Waals surface area contributed by atoms with Crippen molar-refractivity contribution in [2.24, 2.45) is 7.05 Å². The van der Waals surface area contributed by atoms with Gasteiger partial charge in [-0.15, -0.1) is 41.1 Å². The van der Waals surface area contributed by atoms with Crippen LogP contribution in [0.5, 0.6) is 34.5 Å². The fourth-order valence-electron chi connectivity index (χ4n) is 12.1. The Morgan fingerprint density at radius 1 is 0.423 bits per heavy atom. The lowest BCUT2D eigenvalue weighted by Gasteiger charge is -2.34. The number of anilines is 4. The fourth-order valence-corrected chi connectivity index (χ4v) is 12.5. The van der Waals surface area contributed by atoms with Gasteiger partial charge >= 0.3 is 36.2 Å². The average molecular weight is 1750 g/mol. The number of benzene rings is 8. The molecule has 5 aliphatic heterocycles. The predicted octanol–water partition coefficient (Wildman–Crippen LogP) is 17.4. The number of oxazole rings is 1. The number of hydrogen-bond acceptors (Lipinski definition) is 16. The summed E-state index contributed by atoms with van der Waals surface area (Å²) in [7, 11) is 3.46. The lowest BCUT2D eigenvalue weighted by Crippen LogP contribution is -2.52. The number of aryl methyl sites for hydroxylation is 9. The van der Waals surface area contributed by atoms with E-state index in [1.54, 1.807) is 96.5 Å². The van der Waals surface area contributed by atoms with Gasteiger partial charge in [-0.05, 0) is 184 Å². The molecule has 0 fully saturated rings. The van der Waals surface area contributed by atoms with Gasteiger partial charge < -0.3 is 47.5 Å². The van der Waals surface area contributed by atoms with Crippen LogP contribution in [0.1, 0.15) is 44.5 Å². The number of amides is 1. The number of nitrogens with zero attached hydrogens (tertiary/aromatic N) is 7. The molecule has 5 aliphatic rings. The largest absolute Gasteiger partial charge is 0.586 e. The number of esters is 2. The Labute approximate surface area is 705 Å². The summed E-state index contributed by atoms with van der Waals surface area (Å²) in [6.07, 6.45) is 9.39. The van der Waals surface area contributed by atoms with E-state index in [1.165, 1.54) is 65.4 Å². The van der Waals surface area contributed by atoms with Crippen LogP contribution in [0.2, 0.25) is 10.0 Å². The summed E-state index contributed by atoms with van der Waals surface area (Å²) in [5.41, 5.74) is 9.45.